The number of para-hydroxylation sites is 1. The highest BCUT2D eigenvalue weighted by Gasteiger charge is 2.27. The van der Waals surface area contributed by atoms with Crippen molar-refractivity contribution in [1.82, 2.24) is 4.98 Å². The second kappa shape index (κ2) is 4.89. The number of benzene rings is 1. The third-order valence-corrected chi connectivity index (χ3v) is 4.42. The van der Waals surface area contributed by atoms with Crippen molar-refractivity contribution < 1.29 is 9.90 Å². The number of carboxylic acids is 1. The first-order chi connectivity index (χ1) is 9.63. The van der Waals surface area contributed by atoms with E-state index in [-0.39, 0.29) is 0 Å². The van der Waals surface area contributed by atoms with Crippen molar-refractivity contribution in [1.29, 1.82) is 0 Å². The van der Waals surface area contributed by atoms with Gasteiger partial charge in [-0.2, -0.15) is 0 Å². The number of aromatic nitrogens is 1. The highest BCUT2D eigenvalue weighted by Crippen LogP contribution is 2.37. The van der Waals surface area contributed by atoms with Crippen LogP contribution in [0.1, 0.15) is 59.3 Å². The highest BCUT2D eigenvalue weighted by atomic mass is 16.4. The summed E-state index contributed by atoms with van der Waals surface area (Å²) in [7, 11) is 0. The number of hydrogen-bond acceptors (Lipinski definition) is 2. The van der Waals surface area contributed by atoms with Gasteiger partial charge >= 0.3 is 5.97 Å². The molecule has 0 fully saturated rings. The third kappa shape index (κ3) is 1.89. The van der Waals surface area contributed by atoms with Gasteiger partial charge in [-0.25, -0.2) is 4.79 Å². The normalized spacial score (nSPS) is 18.0. The molecule has 3 heteroatoms. The topological polar surface area (TPSA) is 50.2 Å². The quantitative estimate of drug-likeness (QED) is 0.894. The summed E-state index contributed by atoms with van der Waals surface area (Å²) in [6.07, 6.45) is 4.04. The Morgan fingerprint density at radius 1 is 1.45 bits per heavy atom. The number of nitrogens with zero attached hydrogens (tertiary/aromatic N) is 1. The van der Waals surface area contributed by atoms with Gasteiger partial charge in [0.25, 0.3) is 0 Å². The Bertz CT molecular complexity index is 691. The summed E-state index contributed by atoms with van der Waals surface area (Å²) in [5, 5.41) is 10.4. The fourth-order valence-electron chi connectivity index (χ4n) is 3.38. The molecule has 1 unspecified atom stereocenters. The van der Waals surface area contributed by atoms with Crippen LogP contribution in [-0.4, -0.2) is 16.1 Å². The van der Waals surface area contributed by atoms with Crippen molar-refractivity contribution in [2.45, 2.75) is 45.4 Å². The van der Waals surface area contributed by atoms with Gasteiger partial charge in [0.05, 0.1) is 11.1 Å². The van der Waals surface area contributed by atoms with Gasteiger partial charge < -0.3 is 5.11 Å². The van der Waals surface area contributed by atoms with E-state index >= 15 is 0 Å². The lowest BCUT2D eigenvalue weighted by Crippen LogP contribution is -2.17. The summed E-state index contributed by atoms with van der Waals surface area (Å²) in [5.74, 6) is -0.420. The summed E-state index contributed by atoms with van der Waals surface area (Å²) in [5.41, 5.74) is 4.37. The molecule has 20 heavy (non-hydrogen) atoms. The molecule has 1 N–H and O–H groups in total. The molecule has 0 radical (unpaired) electrons. The maximum Gasteiger partial charge on any atom is 0.336 e. The SMILES string of the molecule is CCC1CCCc2c1nc1c(C)cccc1c2C(=O)O. The summed E-state index contributed by atoms with van der Waals surface area (Å²) >= 11 is 0. The molecule has 1 heterocycles. The largest absolute Gasteiger partial charge is 0.478 e. The molecule has 104 valence electrons. The van der Waals surface area contributed by atoms with Crippen LogP contribution in [0.15, 0.2) is 18.2 Å². The molecule has 1 aromatic carbocycles. The number of aromatic carboxylic acids is 1. The number of rotatable bonds is 2. The van der Waals surface area contributed by atoms with Crippen molar-refractivity contribution in [3.05, 3.63) is 40.6 Å². The first kappa shape index (κ1) is 13.1. The Kier molecular flexibility index (Phi) is 3.20. The Balaban J connectivity index is 2.41. The predicted molar refractivity (Wildman–Crippen MR) is 79.4 cm³/mol. The van der Waals surface area contributed by atoms with E-state index in [0.29, 0.717) is 11.5 Å². The average Bonchev–Trinajstić information content (AvgIpc) is 2.44. The van der Waals surface area contributed by atoms with Crippen LogP contribution in [0.5, 0.6) is 0 Å². The molecule has 0 aliphatic heterocycles. The smallest absolute Gasteiger partial charge is 0.336 e. The second-order valence-electron chi connectivity index (χ2n) is 5.62. The monoisotopic (exact) mass is 269 g/mol. The number of aryl methyl sites for hydroxylation is 1. The van der Waals surface area contributed by atoms with Gasteiger partial charge in [-0.15, -0.1) is 0 Å². The maximum atomic E-state index is 11.8. The molecule has 1 aromatic heterocycles. The van der Waals surface area contributed by atoms with Crippen LogP contribution in [0, 0.1) is 6.92 Å². The van der Waals surface area contributed by atoms with E-state index in [0.717, 1.165) is 53.4 Å². The van der Waals surface area contributed by atoms with E-state index in [4.69, 9.17) is 4.98 Å². The number of fused-ring (bicyclic) bond motifs is 2. The van der Waals surface area contributed by atoms with Gasteiger partial charge in [0.15, 0.2) is 0 Å². The molecule has 0 saturated heterocycles. The van der Waals surface area contributed by atoms with Gasteiger partial charge in [0.2, 0.25) is 0 Å². The van der Waals surface area contributed by atoms with E-state index in [1.165, 1.54) is 0 Å². The minimum absolute atomic E-state index is 0.404. The van der Waals surface area contributed by atoms with Gasteiger partial charge in [0.1, 0.15) is 0 Å². The van der Waals surface area contributed by atoms with E-state index in [1.807, 2.05) is 25.1 Å². The lowest BCUT2D eigenvalue weighted by molar-refractivity contribution is 0.0697. The summed E-state index contributed by atoms with van der Waals surface area (Å²) in [4.78, 5) is 16.6. The first-order valence-corrected chi connectivity index (χ1v) is 7.28. The molecule has 0 spiro atoms. The van der Waals surface area contributed by atoms with Crippen molar-refractivity contribution in [3.8, 4) is 0 Å². The molecule has 3 rings (SSSR count). The van der Waals surface area contributed by atoms with Gasteiger partial charge in [-0.3, -0.25) is 4.98 Å². The van der Waals surface area contributed by atoms with Crippen LogP contribution < -0.4 is 0 Å². The number of pyridine rings is 1. The number of hydrogen-bond donors (Lipinski definition) is 1. The maximum absolute atomic E-state index is 11.8. The molecule has 0 bridgehead atoms. The van der Waals surface area contributed by atoms with Gasteiger partial charge in [0, 0.05) is 17.0 Å². The van der Waals surface area contributed by atoms with Crippen LogP contribution in [0.2, 0.25) is 0 Å². The van der Waals surface area contributed by atoms with Crippen molar-refractivity contribution >= 4 is 16.9 Å². The number of carbonyl (C=O) groups is 1. The van der Waals surface area contributed by atoms with Crippen LogP contribution in [0.4, 0.5) is 0 Å². The lowest BCUT2D eigenvalue weighted by atomic mass is 9.81. The van der Waals surface area contributed by atoms with Crippen LogP contribution in [0.25, 0.3) is 10.9 Å². The Hall–Kier alpha value is -1.90. The van der Waals surface area contributed by atoms with E-state index in [2.05, 4.69) is 6.92 Å². The minimum atomic E-state index is -0.823. The highest BCUT2D eigenvalue weighted by molar-refractivity contribution is 6.05. The molecule has 1 atom stereocenters. The Labute approximate surface area is 118 Å². The first-order valence-electron chi connectivity index (χ1n) is 7.28. The van der Waals surface area contributed by atoms with E-state index in [9.17, 15) is 9.90 Å². The summed E-state index contributed by atoms with van der Waals surface area (Å²) in [6.45, 7) is 4.15. The number of carboxylic acid groups (broad SMARTS) is 1. The minimum Gasteiger partial charge on any atom is -0.478 e. The molecule has 1 aliphatic carbocycles. The zero-order valence-corrected chi connectivity index (χ0v) is 11.9. The van der Waals surface area contributed by atoms with Gasteiger partial charge in [-0.05, 0) is 43.7 Å². The molecular formula is C17H19NO2. The van der Waals surface area contributed by atoms with Crippen LogP contribution >= 0.6 is 0 Å². The van der Waals surface area contributed by atoms with E-state index in [1.54, 1.807) is 0 Å². The fraction of sp³-hybridized carbons (Fsp3) is 0.412. The third-order valence-electron chi connectivity index (χ3n) is 4.42. The Morgan fingerprint density at radius 2 is 2.25 bits per heavy atom. The molecular weight excluding hydrogens is 250 g/mol. The molecule has 0 amide bonds. The predicted octanol–water partition coefficient (Wildman–Crippen LogP) is 4.07. The van der Waals surface area contributed by atoms with Crippen molar-refractivity contribution in [2.24, 2.45) is 0 Å². The zero-order valence-electron chi connectivity index (χ0n) is 11.9. The Morgan fingerprint density at radius 3 is 2.95 bits per heavy atom. The second-order valence-corrected chi connectivity index (χ2v) is 5.62. The van der Waals surface area contributed by atoms with Crippen LogP contribution in [-0.2, 0) is 6.42 Å². The van der Waals surface area contributed by atoms with Crippen molar-refractivity contribution in [3.63, 3.8) is 0 Å². The standard InChI is InChI=1S/C17H19NO2/c1-3-11-7-5-9-13-14(17(19)20)12-8-4-6-10(2)15(12)18-16(11)13/h4,6,8,11H,3,5,7,9H2,1-2H3,(H,19,20). The average molecular weight is 269 g/mol. The summed E-state index contributed by atoms with van der Waals surface area (Å²) < 4.78 is 0. The molecule has 3 nitrogen and oxygen atoms in total. The molecule has 0 saturated carbocycles. The van der Waals surface area contributed by atoms with Crippen LogP contribution in [0.3, 0.4) is 0 Å². The van der Waals surface area contributed by atoms with E-state index < -0.39 is 5.97 Å². The fourth-order valence-corrected chi connectivity index (χ4v) is 3.38. The lowest BCUT2D eigenvalue weighted by Gasteiger charge is -2.26. The molecule has 1 aliphatic rings. The zero-order chi connectivity index (χ0) is 14.3. The summed E-state index contributed by atoms with van der Waals surface area (Å²) in [6, 6.07) is 5.80. The van der Waals surface area contributed by atoms with Gasteiger partial charge in [-0.1, -0.05) is 25.1 Å². The molecule has 2 aromatic rings. The van der Waals surface area contributed by atoms with Crippen molar-refractivity contribution in [2.75, 3.05) is 0 Å².